The van der Waals surface area contributed by atoms with E-state index < -0.39 is 38.4 Å². The van der Waals surface area contributed by atoms with Crippen LogP contribution in [-0.4, -0.2) is 53.1 Å². The zero-order valence-corrected chi connectivity index (χ0v) is 20.5. The molecule has 0 aromatic heterocycles. The van der Waals surface area contributed by atoms with Crippen molar-refractivity contribution in [2.24, 2.45) is 0 Å². The molecule has 0 radical (unpaired) electrons. The smallest absolute Gasteiger partial charge is 0.253 e. The number of nitrogens with zero attached hydrogens (tertiary/aromatic N) is 1. The van der Waals surface area contributed by atoms with Gasteiger partial charge in [0.2, 0.25) is 26.0 Å². The van der Waals surface area contributed by atoms with Gasteiger partial charge in [-0.2, -0.15) is 4.31 Å². The average molecular weight is 497 g/mol. The Hall–Kier alpha value is -2.80. The molecule has 0 saturated carbocycles. The summed E-state index contributed by atoms with van der Waals surface area (Å²) in [5.41, 5.74) is 6.52. The van der Waals surface area contributed by atoms with Gasteiger partial charge in [0, 0.05) is 20.0 Å². The quantitative estimate of drug-likeness (QED) is 0.438. The maximum Gasteiger partial charge on any atom is 0.253 e. The Kier molecular flexibility index (Phi) is 8.72. The fraction of sp³-hybridized carbons (Fsp3) is 0.333. The minimum atomic E-state index is -3.87. The molecule has 0 saturated heterocycles. The number of rotatable bonds is 9. The van der Waals surface area contributed by atoms with E-state index in [1.165, 1.54) is 19.2 Å². The predicted molar refractivity (Wildman–Crippen MR) is 123 cm³/mol. The van der Waals surface area contributed by atoms with Crippen LogP contribution in [0.4, 0.5) is 0 Å². The highest BCUT2D eigenvalue weighted by Crippen LogP contribution is 2.16. The third kappa shape index (κ3) is 7.35. The number of benzene rings is 2. The fourth-order valence-electron chi connectivity index (χ4n) is 2.79. The van der Waals surface area contributed by atoms with Crippen molar-refractivity contribution in [2.45, 2.75) is 37.0 Å². The van der Waals surface area contributed by atoms with Crippen LogP contribution in [0, 0.1) is 20.8 Å². The lowest BCUT2D eigenvalue weighted by atomic mass is 10.2. The summed E-state index contributed by atoms with van der Waals surface area (Å²) in [6.45, 7) is 4.57. The molecule has 12 heteroatoms. The van der Waals surface area contributed by atoms with Gasteiger partial charge in [0.1, 0.15) is 0 Å². The van der Waals surface area contributed by atoms with E-state index in [-0.39, 0.29) is 22.8 Å². The first-order valence-corrected chi connectivity index (χ1v) is 12.9. The summed E-state index contributed by atoms with van der Waals surface area (Å²) in [6.07, 6.45) is -0.234. The number of hydrogen-bond donors (Lipinski definition) is 3. The van der Waals surface area contributed by atoms with Crippen molar-refractivity contribution in [1.29, 1.82) is 0 Å². The number of hydrogen-bond acceptors (Lipinski definition) is 6. The molecule has 33 heavy (non-hydrogen) atoms. The van der Waals surface area contributed by atoms with Gasteiger partial charge in [-0.25, -0.2) is 21.6 Å². The van der Waals surface area contributed by atoms with Crippen molar-refractivity contribution in [1.82, 2.24) is 19.9 Å². The van der Waals surface area contributed by atoms with Gasteiger partial charge in [-0.15, -0.1) is 0 Å². The number of nitrogens with one attached hydrogen (secondary N) is 3. The number of aryl methyl sites for hydroxylation is 3. The summed E-state index contributed by atoms with van der Waals surface area (Å²) in [5.74, 6) is -1.39. The van der Waals surface area contributed by atoms with Crippen molar-refractivity contribution < 1.29 is 26.4 Å². The third-order valence-electron chi connectivity index (χ3n) is 4.71. The van der Waals surface area contributed by atoms with Crippen molar-refractivity contribution in [3.8, 4) is 0 Å². The normalized spacial score (nSPS) is 11.9. The van der Waals surface area contributed by atoms with Crippen LogP contribution in [0.2, 0.25) is 0 Å². The molecular weight excluding hydrogens is 468 g/mol. The van der Waals surface area contributed by atoms with E-state index in [2.05, 4.69) is 15.6 Å². The van der Waals surface area contributed by atoms with Crippen LogP contribution < -0.4 is 15.6 Å². The highest BCUT2D eigenvalue weighted by Gasteiger charge is 2.23. The Balaban J connectivity index is 1.81. The maximum absolute atomic E-state index is 12.5. The number of carbonyl (C=O) groups excluding carboxylic acids is 2. The average Bonchev–Trinajstić information content (AvgIpc) is 2.74. The van der Waals surface area contributed by atoms with E-state index >= 15 is 0 Å². The summed E-state index contributed by atoms with van der Waals surface area (Å²) >= 11 is 0. The standard InChI is InChI=1S/C21H28N4O6S2/c1-15-6-9-18(10-7-15)33(30,31)25(4)14-21(27)24-23-20(26)11-12-22-32(28,29)19-13-16(2)5-8-17(19)3/h5-10,13,22H,11-12,14H2,1-4H3,(H,23,26)(H,24,27). The summed E-state index contributed by atoms with van der Waals surface area (Å²) in [7, 11) is -6.41. The fourth-order valence-corrected chi connectivity index (χ4v) is 5.28. The third-order valence-corrected chi connectivity index (χ3v) is 8.13. The van der Waals surface area contributed by atoms with Gasteiger partial charge in [0.25, 0.3) is 5.91 Å². The van der Waals surface area contributed by atoms with Gasteiger partial charge in [-0.05, 0) is 50.1 Å². The summed E-state index contributed by atoms with van der Waals surface area (Å²) in [4.78, 5) is 24.1. The zero-order chi connectivity index (χ0) is 24.8. The molecular formula is C21H28N4O6S2. The van der Waals surface area contributed by atoms with Crippen LogP contribution in [0.25, 0.3) is 0 Å². The number of likely N-dealkylation sites (N-methyl/N-ethyl adjacent to an activating group) is 1. The van der Waals surface area contributed by atoms with Crippen molar-refractivity contribution in [3.05, 3.63) is 59.2 Å². The van der Waals surface area contributed by atoms with Crippen LogP contribution in [0.5, 0.6) is 0 Å². The van der Waals surface area contributed by atoms with Crippen LogP contribution in [0.1, 0.15) is 23.1 Å². The number of hydrazine groups is 1. The minimum absolute atomic E-state index is 0.0450. The zero-order valence-electron chi connectivity index (χ0n) is 18.9. The Labute approximate surface area is 194 Å². The van der Waals surface area contributed by atoms with E-state index in [1.54, 1.807) is 44.2 Å². The molecule has 2 aromatic rings. The lowest BCUT2D eigenvalue weighted by molar-refractivity contribution is -0.128. The molecule has 0 aliphatic heterocycles. The molecule has 180 valence electrons. The second-order valence-electron chi connectivity index (χ2n) is 7.59. The lowest BCUT2D eigenvalue weighted by Gasteiger charge is -2.17. The van der Waals surface area contributed by atoms with E-state index in [9.17, 15) is 26.4 Å². The second kappa shape index (κ2) is 10.9. The summed E-state index contributed by atoms with van der Waals surface area (Å²) < 4.78 is 53.1. The Morgan fingerprint density at radius 1 is 0.848 bits per heavy atom. The molecule has 0 fully saturated rings. The number of sulfonamides is 2. The Morgan fingerprint density at radius 3 is 2.06 bits per heavy atom. The van der Waals surface area contributed by atoms with Crippen molar-refractivity contribution in [3.63, 3.8) is 0 Å². The summed E-state index contributed by atoms with van der Waals surface area (Å²) in [6, 6.07) is 11.2. The van der Waals surface area contributed by atoms with E-state index in [0.29, 0.717) is 5.56 Å². The number of amides is 2. The Morgan fingerprint density at radius 2 is 1.42 bits per heavy atom. The SMILES string of the molecule is Cc1ccc(S(=O)(=O)N(C)CC(=O)NNC(=O)CCNS(=O)(=O)c2cc(C)ccc2C)cc1. The molecule has 2 rings (SSSR count). The molecule has 0 aliphatic carbocycles. The van der Waals surface area contributed by atoms with Gasteiger partial charge in [-0.1, -0.05) is 29.8 Å². The largest absolute Gasteiger partial charge is 0.273 e. The first kappa shape index (κ1) is 26.5. The highest BCUT2D eigenvalue weighted by molar-refractivity contribution is 7.89. The molecule has 0 unspecified atom stereocenters. The molecule has 0 aliphatic rings. The van der Waals surface area contributed by atoms with Gasteiger partial charge in [0.15, 0.2) is 0 Å². The lowest BCUT2D eigenvalue weighted by Crippen LogP contribution is -2.47. The van der Waals surface area contributed by atoms with Gasteiger partial charge in [0.05, 0.1) is 16.3 Å². The minimum Gasteiger partial charge on any atom is -0.273 e. The number of carbonyl (C=O) groups is 2. The van der Waals surface area contributed by atoms with Gasteiger partial charge in [-0.3, -0.25) is 20.4 Å². The molecule has 0 heterocycles. The monoisotopic (exact) mass is 496 g/mol. The van der Waals surface area contributed by atoms with Crippen molar-refractivity contribution in [2.75, 3.05) is 20.1 Å². The topological polar surface area (TPSA) is 142 Å². The molecule has 2 amide bonds. The molecule has 0 bridgehead atoms. The second-order valence-corrected chi connectivity index (χ2v) is 11.4. The van der Waals surface area contributed by atoms with Gasteiger partial charge < -0.3 is 0 Å². The van der Waals surface area contributed by atoms with Crippen LogP contribution >= 0.6 is 0 Å². The molecule has 10 nitrogen and oxygen atoms in total. The van der Waals surface area contributed by atoms with E-state index in [1.807, 2.05) is 6.92 Å². The van der Waals surface area contributed by atoms with Crippen LogP contribution in [-0.2, 0) is 29.6 Å². The van der Waals surface area contributed by atoms with E-state index in [0.717, 1.165) is 15.4 Å². The summed E-state index contributed by atoms with van der Waals surface area (Å²) in [5, 5.41) is 0. The van der Waals surface area contributed by atoms with Crippen LogP contribution in [0.15, 0.2) is 52.3 Å². The highest BCUT2D eigenvalue weighted by atomic mass is 32.2. The Bertz CT molecular complexity index is 1230. The molecule has 3 N–H and O–H groups in total. The van der Waals surface area contributed by atoms with Gasteiger partial charge >= 0.3 is 0 Å². The first-order valence-electron chi connectivity index (χ1n) is 10.0. The molecule has 2 aromatic carbocycles. The van der Waals surface area contributed by atoms with Crippen LogP contribution in [0.3, 0.4) is 0 Å². The maximum atomic E-state index is 12.5. The molecule has 0 atom stereocenters. The van der Waals surface area contributed by atoms with E-state index in [4.69, 9.17) is 0 Å². The molecule has 0 spiro atoms. The predicted octanol–water partition coefficient (Wildman–Crippen LogP) is 0.748. The van der Waals surface area contributed by atoms with Crippen molar-refractivity contribution >= 4 is 31.9 Å². The first-order chi connectivity index (χ1) is 15.3.